The van der Waals surface area contributed by atoms with E-state index in [0.29, 0.717) is 17.7 Å². The monoisotopic (exact) mass is 508 g/mol. The van der Waals surface area contributed by atoms with Crippen LogP contribution in [0, 0.1) is 0 Å². The van der Waals surface area contributed by atoms with Crippen molar-refractivity contribution in [2.75, 3.05) is 26.0 Å². The van der Waals surface area contributed by atoms with Crippen LogP contribution < -0.4 is 10.6 Å². The number of hydrogen-bond acceptors (Lipinski definition) is 5. The van der Waals surface area contributed by atoms with Crippen molar-refractivity contribution in [3.8, 4) is 11.1 Å². The number of likely N-dealkylation sites (N-methyl/N-ethyl adjacent to an activating group) is 1. The average Bonchev–Trinajstić information content (AvgIpc) is 2.97. The molecular weight excluding hydrogens is 476 g/mol. The Morgan fingerprint density at radius 1 is 0.868 bits per heavy atom. The van der Waals surface area contributed by atoms with Gasteiger partial charge in [0.05, 0.1) is 0 Å². The van der Waals surface area contributed by atoms with Crippen LogP contribution >= 0.6 is 0 Å². The molecule has 1 aromatic heterocycles. The first-order valence-corrected chi connectivity index (χ1v) is 12.5. The van der Waals surface area contributed by atoms with Gasteiger partial charge in [0.15, 0.2) is 0 Å². The fraction of sp³-hybridized carbons (Fsp3) is 0.194. The van der Waals surface area contributed by atoms with Gasteiger partial charge in [-0.3, -0.25) is 14.6 Å². The zero-order valence-electron chi connectivity index (χ0n) is 21.6. The van der Waals surface area contributed by atoms with Gasteiger partial charge in [-0.05, 0) is 83.8 Å². The Morgan fingerprint density at radius 2 is 1.68 bits per heavy atom. The minimum absolute atomic E-state index is 0.165. The SMILES string of the molecule is CN1CCc2ccc(NC(=O)c3cccc(CNC(=O)c4ccc(-c5cccnc5)cc4)c3)cc2C1.CO. The summed E-state index contributed by atoms with van der Waals surface area (Å²) >= 11 is 0. The number of fused-ring (bicyclic) bond motifs is 1. The maximum atomic E-state index is 12.9. The molecule has 0 unspecified atom stereocenters. The van der Waals surface area contributed by atoms with Gasteiger partial charge in [0, 0.05) is 56.0 Å². The van der Waals surface area contributed by atoms with Crippen molar-refractivity contribution in [2.45, 2.75) is 19.5 Å². The van der Waals surface area contributed by atoms with E-state index in [1.807, 2.05) is 48.5 Å². The third-order valence-electron chi connectivity index (χ3n) is 6.45. The van der Waals surface area contributed by atoms with Gasteiger partial charge in [-0.25, -0.2) is 0 Å². The number of nitrogens with one attached hydrogen (secondary N) is 2. The first-order chi connectivity index (χ1) is 18.5. The van der Waals surface area contributed by atoms with Crippen LogP contribution in [-0.4, -0.2) is 47.5 Å². The number of nitrogens with zero attached hydrogens (tertiary/aromatic N) is 2. The van der Waals surface area contributed by atoms with Crippen LogP contribution in [0.5, 0.6) is 0 Å². The second-order valence-corrected chi connectivity index (χ2v) is 9.13. The quantitative estimate of drug-likeness (QED) is 0.356. The molecule has 7 heteroatoms. The minimum Gasteiger partial charge on any atom is -0.400 e. The number of aliphatic hydroxyl groups is 1. The summed E-state index contributed by atoms with van der Waals surface area (Å²) in [5.41, 5.74) is 7.39. The fourth-order valence-electron chi connectivity index (χ4n) is 4.43. The standard InChI is InChI=1S/C30H28N4O2.CH4O/c1-34-15-13-23-11-12-28(17-27(23)20-34)33-30(36)25-5-2-4-21(16-25)18-32-29(35)24-9-7-22(8-10-24)26-6-3-14-31-19-26;1-2/h2-12,14,16-17,19H,13,15,18,20H2,1H3,(H,32,35)(H,33,36);2H,1H3. The Hall–Kier alpha value is -4.33. The number of carbonyl (C=O) groups excluding carboxylic acids is 2. The summed E-state index contributed by atoms with van der Waals surface area (Å²) in [6, 6.07) is 24.8. The van der Waals surface area contributed by atoms with Gasteiger partial charge < -0.3 is 20.6 Å². The third kappa shape index (κ3) is 6.70. The second kappa shape index (κ2) is 12.8. The molecule has 5 rings (SSSR count). The van der Waals surface area contributed by atoms with Gasteiger partial charge in [0.2, 0.25) is 0 Å². The maximum Gasteiger partial charge on any atom is 0.255 e. The molecule has 1 aliphatic heterocycles. The van der Waals surface area contributed by atoms with Crippen LogP contribution in [0.1, 0.15) is 37.4 Å². The van der Waals surface area contributed by atoms with E-state index in [1.54, 1.807) is 30.6 Å². The van der Waals surface area contributed by atoms with Crippen molar-refractivity contribution in [2.24, 2.45) is 0 Å². The van der Waals surface area contributed by atoms with Crippen molar-refractivity contribution < 1.29 is 14.7 Å². The summed E-state index contributed by atoms with van der Waals surface area (Å²) in [5.74, 6) is -0.333. The number of rotatable bonds is 6. The molecule has 2 amide bonds. The van der Waals surface area contributed by atoms with Gasteiger partial charge in [-0.15, -0.1) is 0 Å². The molecule has 38 heavy (non-hydrogen) atoms. The van der Waals surface area contributed by atoms with Crippen LogP contribution in [0.4, 0.5) is 5.69 Å². The molecule has 0 fully saturated rings. The topological polar surface area (TPSA) is 94.6 Å². The largest absolute Gasteiger partial charge is 0.400 e. The Morgan fingerprint density at radius 3 is 2.45 bits per heavy atom. The molecule has 194 valence electrons. The summed E-state index contributed by atoms with van der Waals surface area (Å²) in [5, 5.41) is 13.0. The predicted octanol–water partition coefficient (Wildman–Crippen LogP) is 4.53. The number of hydrogen-bond donors (Lipinski definition) is 3. The van der Waals surface area contributed by atoms with Crippen LogP contribution in [0.3, 0.4) is 0 Å². The van der Waals surface area contributed by atoms with Gasteiger partial charge in [-0.2, -0.15) is 0 Å². The molecule has 3 N–H and O–H groups in total. The number of aromatic nitrogens is 1. The van der Waals surface area contributed by atoms with Crippen molar-refractivity contribution in [1.82, 2.24) is 15.2 Å². The lowest BCUT2D eigenvalue weighted by Crippen LogP contribution is -2.26. The lowest BCUT2D eigenvalue weighted by atomic mass is 9.99. The molecule has 1 aliphatic rings. The number of anilines is 1. The molecule has 0 saturated heterocycles. The van der Waals surface area contributed by atoms with E-state index in [4.69, 9.17) is 5.11 Å². The molecule has 7 nitrogen and oxygen atoms in total. The Labute approximate surface area is 223 Å². The Bertz CT molecular complexity index is 1390. The van der Waals surface area contributed by atoms with Crippen molar-refractivity contribution in [3.05, 3.63) is 119 Å². The molecule has 0 saturated carbocycles. The molecule has 4 aromatic rings. The Kier molecular flexibility index (Phi) is 8.98. The van der Waals surface area contributed by atoms with Crippen molar-refractivity contribution in [3.63, 3.8) is 0 Å². The molecular formula is C31H32N4O3. The highest BCUT2D eigenvalue weighted by Gasteiger charge is 2.15. The van der Waals surface area contributed by atoms with Gasteiger partial charge in [-0.1, -0.05) is 36.4 Å². The molecule has 3 aromatic carbocycles. The second-order valence-electron chi connectivity index (χ2n) is 9.13. The Balaban J connectivity index is 0.00000164. The van der Waals surface area contributed by atoms with E-state index in [9.17, 15) is 9.59 Å². The summed E-state index contributed by atoms with van der Waals surface area (Å²) < 4.78 is 0. The fourth-order valence-corrected chi connectivity index (χ4v) is 4.43. The normalized spacial score (nSPS) is 12.5. The van der Waals surface area contributed by atoms with E-state index < -0.39 is 0 Å². The first kappa shape index (κ1) is 26.7. The van der Waals surface area contributed by atoms with Crippen molar-refractivity contribution in [1.29, 1.82) is 0 Å². The zero-order valence-corrected chi connectivity index (χ0v) is 21.6. The third-order valence-corrected chi connectivity index (χ3v) is 6.45. The number of benzene rings is 3. The molecule has 2 heterocycles. The summed E-state index contributed by atoms with van der Waals surface area (Å²) in [6.45, 7) is 2.27. The summed E-state index contributed by atoms with van der Waals surface area (Å²) in [7, 11) is 3.11. The molecule has 0 spiro atoms. The van der Waals surface area contributed by atoms with E-state index >= 15 is 0 Å². The van der Waals surface area contributed by atoms with Crippen molar-refractivity contribution >= 4 is 17.5 Å². The highest BCUT2D eigenvalue weighted by Crippen LogP contribution is 2.23. The predicted molar refractivity (Wildman–Crippen MR) is 150 cm³/mol. The summed E-state index contributed by atoms with van der Waals surface area (Å²) in [4.78, 5) is 32.0. The highest BCUT2D eigenvalue weighted by molar-refractivity contribution is 6.04. The van der Waals surface area contributed by atoms with Gasteiger partial charge in [0.1, 0.15) is 0 Å². The molecule has 0 aliphatic carbocycles. The lowest BCUT2D eigenvalue weighted by molar-refractivity contribution is 0.0950. The molecule has 0 bridgehead atoms. The average molecular weight is 509 g/mol. The smallest absolute Gasteiger partial charge is 0.255 e. The van der Waals surface area contributed by atoms with Gasteiger partial charge >= 0.3 is 0 Å². The first-order valence-electron chi connectivity index (χ1n) is 12.5. The zero-order chi connectivity index (χ0) is 26.9. The minimum atomic E-state index is -0.168. The van der Waals surface area contributed by atoms with E-state index in [-0.39, 0.29) is 11.8 Å². The number of amides is 2. The van der Waals surface area contributed by atoms with E-state index in [1.165, 1.54) is 11.1 Å². The van der Waals surface area contributed by atoms with Crippen LogP contribution in [0.15, 0.2) is 91.3 Å². The number of aliphatic hydroxyl groups excluding tert-OH is 1. The van der Waals surface area contributed by atoms with Crippen LogP contribution in [0.2, 0.25) is 0 Å². The van der Waals surface area contributed by atoms with E-state index in [2.05, 4.69) is 39.7 Å². The molecule has 0 atom stereocenters. The number of pyridine rings is 1. The van der Waals surface area contributed by atoms with Crippen LogP contribution in [0.25, 0.3) is 11.1 Å². The summed E-state index contributed by atoms with van der Waals surface area (Å²) in [6.07, 6.45) is 4.56. The maximum absolute atomic E-state index is 12.9. The molecule has 0 radical (unpaired) electrons. The lowest BCUT2D eigenvalue weighted by Gasteiger charge is -2.25. The highest BCUT2D eigenvalue weighted by atomic mass is 16.2. The van der Waals surface area contributed by atoms with Crippen LogP contribution in [-0.2, 0) is 19.5 Å². The van der Waals surface area contributed by atoms with Gasteiger partial charge in [0.25, 0.3) is 11.8 Å². The number of carbonyl (C=O) groups is 2. The van der Waals surface area contributed by atoms with E-state index in [0.717, 1.165) is 49.0 Å².